The molecule has 0 saturated heterocycles. The molecule has 0 radical (unpaired) electrons. The van der Waals surface area contributed by atoms with Gasteiger partial charge in [0.15, 0.2) is 0 Å². The third kappa shape index (κ3) is 2.89. The molecule has 0 unspecified atom stereocenters. The maximum absolute atomic E-state index is 5.40. The molecule has 1 aromatic heterocycles. The topological polar surface area (TPSA) is 25.4 Å². The Bertz CT molecular complexity index is 572. The number of benzene rings is 1. The lowest BCUT2D eigenvalue weighted by Gasteiger charge is -2.22. The molecule has 0 atom stereocenters. The van der Waals surface area contributed by atoms with E-state index in [4.69, 9.17) is 4.74 Å². The number of anilines is 2. The summed E-state index contributed by atoms with van der Waals surface area (Å²) in [5.41, 5.74) is 3.33. The zero-order valence-corrected chi connectivity index (χ0v) is 12.9. The summed E-state index contributed by atoms with van der Waals surface area (Å²) in [4.78, 5) is 6.59. The molecular formula is C15H17BrN2O. The van der Waals surface area contributed by atoms with E-state index in [1.165, 1.54) is 5.56 Å². The highest BCUT2D eigenvalue weighted by Crippen LogP contribution is 2.32. The summed E-state index contributed by atoms with van der Waals surface area (Å²) in [7, 11) is 3.68. The summed E-state index contributed by atoms with van der Waals surface area (Å²) < 4.78 is 5.40. The van der Waals surface area contributed by atoms with Crippen molar-refractivity contribution in [3.8, 4) is 5.75 Å². The van der Waals surface area contributed by atoms with E-state index in [-0.39, 0.29) is 0 Å². The number of halogens is 1. The van der Waals surface area contributed by atoms with Crippen molar-refractivity contribution in [1.29, 1.82) is 0 Å². The van der Waals surface area contributed by atoms with Crippen molar-refractivity contribution >= 4 is 27.4 Å². The van der Waals surface area contributed by atoms with Crippen LogP contribution in [0.5, 0.6) is 5.75 Å². The van der Waals surface area contributed by atoms with Gasteiger partial charge in [0, 0.05) is 18.6 Å². The number of rotatable bonds is 4. The third-order valence-corrected chi connectivity index (χ3v) is 3.67. The quantitative estimate of drug-likeness (QED) is 0.794. The second-order valence-corrected chi connectivity index (χ2v) is 4.91. The summed E-state index contributed by atoms with van der Waals surface area (Å²) in [5, 5.41) is 0.819. The van der Waals surface area contributed by atoms with Crippen LogP contribution >= 0.6 is 15.9 Å². The highest BCUT2D eigenvalue weighted by molar-refractivity contribution is 9.08. The van der Waals surface area contributed by atoms with Crippen LogP contribution in [0.4, 0.5) is 11.5 Å². The summed E-state index contributed by atoms with van der Waals surface area (Å²) in [6.07, 6.45) is 1.89. The second-order valence-electron chi connectivity index (χ2n) is 4.35. The number of alkyl halides is 1. The zero-order valence-electron chi connectivity index (χ0n) is 11.4. The molecule has 0 spiro atoms. The van der Waals surface area contributed by atoms with Crippen molar-refractivity contribution in [3.05, 3.63) is 47.7 Å². The van der Waals surface area contributed by atoms with E-state index < -0.39 is 0 Å². The van der Waals surface area contributed by atoms with E-state index in [2.05, 4.69) is 33.9 Å². The first-order chi connectivity index (χ1) is 9.17. The number of aryl methyl sites for hydroxylation is 1. The Labute approximate surface area is 122 Å². The Morgan fingerprint density at radius 2 is 2.05 bits per heavy atom. The molecule has 3 nitrogen and oxygen atoms in total. The van der Waals surface area contributed by atoms with E-state index in [0.29, 0.717) is 0 Å². The van der Waals surface area contributed by atoms with E-state index >= 15 is 0 Å². The van der Waals surface area contributed by atoms with Crippen LogP contribution in [0.25, 0.3) is 0 Å². The van der Waals surface area contributed by atoms with E-state index in [0.717, 1.165) is 28.1 Å². The van der Waals surface area contributed by atoms with E-state index in [1.54, 1.807) is 7.11 Å². The predicted octanol–water partition coefficient (Wildman–Crippen LogP) is 4.06. The summed E-state index contributed by atoms with van der Waals surface area (Å²) >= 11 is 3.45. The lowest BCUT2D eigenvalue weighted by Crippen LogP contribution is -2.13. The van der Waals surface area contributed by atoms with Gasteiger partial charge in [-0.05, 0) is 30.2 Å². The fourth-order valence-corrected chi connectivity index (χ4v) is 2.38. The first kappa shape index (κ1) is 13.9. The molecule has 100 valence electrons. The number of hydrogen-bond acceptors (Lipinski definition) is 3. The predicted molar refractivity (Wildman–Crippen MR) is 82.7 cm³/mol. The molecule has 1 heterocycles. The van der Waals surface area contributed by atoms with Crippen LogP contribution in [-0.4, -0.2) is 19.1 Å². The maximum atomic E-state index is 5.40. The standard InChI is InChI=1S/C15H17BrN2O/c1-11-8-12(9-16)10-17-15(11)18(2)13-6-4-5-7-14(13)19-3/h4-8,10H,9H2,1-3H3. The van der Waals surface area contributed by atoms with Crippen LogP contribution in [-0.2, 0) is 5.33 Å². The van der Waals surface area contributed by atoms with Crippen molar-refractivity contribution in [2.75, 3.05) is 19.1 Å². The van der Waals surface area contributed by atoms with Gasteiger partial charge in [0.25, 0.3) is 0 Å². The smallest absolute Gasteiger partial charge is 0.142 e. The summed E-state index contributed by atoms with van der Waals surface area (Å²) in [6.45, 7) is 2.07. The Morgan fingerprint density at radius 1 is 1.32 bits per heavy atom. The first-order valence-electron chi connectivity index (χ1n) is 6.05. The van der Waals surface area contributed by atoms with Gasteiger partial charge in [-0.2, -0.15) is 0 Å². The number of nitrogens with zero attached hydrogens (tertiary/aromatic N) is 2. The fourth-order valence-electron chi connectivity index (χ4n) is 2.07. The second kappa shape index (κ2) is 6.06. The Morgan fingerprint density at radius 3 is 2.68 bits per heavy atom. The molecule has 0 bridgehead atoms. The lowest BCUT2D eigenvalue weighted by atomic mass is 10.2. The van der Waals surface area contributed by atoms with Crippen molar-refractivity contribution in [3.63, 3.8) is 0 Å². The van der Waals surface area contributed by atoms with Crippen LogP contribution in [0.2, 0.25) is 0 Å². The first-order valence-corrected chi connectivity index (χ1v) is 7.17. The number of methoxy groups -OCH3 is 1. The van der Waals surface area contributed by atoms with Gasteiger partial charge in [-0.3, -0.25) is 0 Å². The molecular weight excluding hydrogens is 304 g/mol. The average Bonchev–Trinajstić information content (AvgIpc) is 2.46. The molecule has 2 aromatic rings. The van der Waals surface area contributed by atoms with Gasteiger partial charge in [0.2, 0.25) is 0 Å². The van der Waals surface area contributed by atoms with Crippen molar-refractivity contribution < 1.29 is 4.74 Å². The Balaban J connectivity index is 2.41. The Kier molecular flexibility index (Phi) is 4.43. The van der Waals surface area contributed by atoms with Gasteiger partial charge in [-0.15, -0.1) is 0 Å². The Hall–Kier alpha value is -1.55. The van der Waals surface area contributed by atoms with E-state index in [1.807, 2.05) is 42.4 Å². The summed E-state index contributed by atoms with van der Waals surface area (Å²) in [6, 6.07) is 10.1. The number of ether oxygens (including phenoxy) is 1. The molecule has 2 rings (SSSR count). The molecule has 0 fully saturated rings. The van der Waals surface area contributed by atoms with Crippen molar-refractivity contribution in [2.45, 2.75) is 12.3 Å². The molecule has 0 N–H and O–H groups in total. The molecule has 0 aliphatic heterocycles. The molecule has 1 aromatic carbocycles. The minimum absolute atomic E-state index is 0.819. The van der Waals surface area contributed by atoms with Gasteiger partial charge in [-0.1, -0.05) is 34.1 Å². The fraction of sp³-hybridized carbons (Fsp3) is 0.267. The highest BCUT2D eigenvalue weighted by Gasteiger charge is 2.12. The van der Waals surface area contributed by atoms with Gasteiger partial charge >= 0.3 is 0 Å². The largest absolute Gasteiger partial charge is 0.495 e. The number of aromatic nitrogens is 1. The minimum Gasteiger partial charge on any atom is -0.495 e. The van der Waals surface area contributed by atoms with Crippen LogP contribution < -0.4 is 9.64 Å². The zero-order chi connectivity index (χ0) is 13.8. The van der Waals surface area contributed by atoms with Crippen LogP contribution in [0, 0.1) is 6.92 Å². The number of para-hydroxylation sites is 2. The lowest BCUT2D eigenvalue weighted by molar-refractivity contribution is 0.415. The van der Waals surface area contributed by atoms with Crippen molar-refractivity contribution in [1.82, 2.24) is 4.98 Å². The molecule has 4 heteroatoms. The van der Waals surface area contributed by atoms with Gasteiger partial charge < -0.3 is 9.64 Å². The van der Waals surface area contributed by atoms with Crippen LogP contribution in [0.15, 0.2) is 36.5 Å². The van der Waals surface area contributed by atoms with Gasteiger partial charge in [-0.25, -0.2) is 4.98 Å². The van der Waals surface area contributed by atoms with Crippen LogP contribution in [0.1, 0.15) is 11.1 Å². The number of hydrogen-bond donors (Lipinski definition) is 0. The molecule has 0 saturated carbocycles. The minimum atomic E-state index is 0.819. The SMILES string of the molecule is COc1ccccc1N(C)c1ncc(CBr)cc1C. The molecule has 0 aliphatic rings. The normalized spacial score (nSPS) is 10.3. The third-order valence-electron chi connectivity index (χ3n) is 3.03. The summed E-state index contributed by atoms with van der Waals surface area (Å²) in [5.74, 6) is 1.78. The molecule has 19 heavy (non-hydrogen) atoms. The highest BCUT2D eigenvalue weighted by atomic mass is 79.9. The van der Waals surface area contributed by atoms with Gasteiger partial charge in [0.1, 0.15) is 11.6 Å². The van der Waals surface area contributed by atoms with Gasteiger partial charge in [0.05, 0.1) is 12.8 Å². The monoisotopic (exact) mass is 320 g/mol. The average molecular weight is 321 g/mol. The maximum Gasteiger partial charge on any atom is 0.142 e. The van der Waals surface area contributed by atoms with Crippen molar-refractivity contribution in [2.24, 2.45) is 0 Å². The molecule has 0 amide bonds. The van der Waals surface area contributed by atoms with E-state index in [9.17, 15) is 0 Å². The van der Waals surface area contributed by atoms with Crippen LogP contribution in [0.3, 0.4) is 0 Å². The number of pyridine rings is 1. The molecule has 0 aliphatic carbocycles.